The van der Waals surface area contributed by atoms with Crippen LogP contribution in [0.1, 0.15) is 10.6 Å². The summed E-state index contributed by atoms with van der Waals surface area (Å²) in [7, 11) is 3.72. The van der Waals surface area contributed by atoms with E-state index in [0.717, 1.165) is 32.2 Å². The van der Waals surface area contributed by atoms with Gasteiger partial charge in [0.15, 0.2) is 0 Å². The summed E-state index contributed by atoms with van der Waals surface area (Å²) in [6, 6.07) is 8.07. The Bertz CT molecular complexity index is 909. The van der Waals surface area contributed by atoms with Crippen LogP contribution in [0, 0.1) is 0 Å². The molecule has 2 aromatic heterocycles. The molecule has 1 aliphatic rings. The number of methoxy groups -OCH3 is 1. The molecule has 0 radical (unpaired) electrons. The van der Waals surface area contributed by atoms with E-state index in [1.165, 1.54) is 5.56 Å². The predicted molar refractivity (Wildman–Crippen MR) is 95.8 cm³/mol. The first-order valence-corrected chi connectivity index (χ1v) is 8.08. The Morgan fingerprint density at radius 1 is 1.26 bits per heavy atom. The summed E-state index contributed by atoms with van der Waals surface area (Å²) in [5.41, 5.74) is 4.44. The van der Waals surface area contributed by atoms with Gasteiger partial charge in [0, 0.05) is 37.3 Å². The van der Waals surface area contributed by atoms with Crippen molar-refractivity contribution in [3.05, 3.63) is 59.5 Å². The smallest absolute Gasteiger partial charge is 0.120 e. The molecule has 5 heteroatoms. The molecule has 23 heavy (non-hydrogen) atoms. The molecule has 4 rings (SSSR count). The lowest BCUT2D eigenvalue weighted by molar-refractivity contribution is 0.415. The molecule has 0 amide bonds. The third-order valence-electron chi connectivity index (χ3n) is 3.86. The van der Waals surface area contributed by atoms with Crippen LogP contribution in [0.25, 0.3) is 21.9 Å². The number of benzene rings is 1. The van der Waals surface area contributed by atoms with E-state index in [1.54, 1.807) is 24.6 Å². The highest BCUT2D eigenvalue weighted by atomic mass is 32.1. The maximum atomic E-state index is 5.33. The van der Waals surface area contributed by atoms with Crippen molar-refractivity contribution in [1.29, 1.82) is 0 Å². The zero-order chi connectivity index (χ0) is 15.8. The Hall–Kier alpha value is -2.66. The van der Waals surface area contributed by atoms with Crippen LogP contribution in [0.5, 0.6) is 5.75 Å². The van der Waals surface area contributed by atoms with Crippen LogP contribution in [0.4, 0.5) is 5.69 Å². The van der Waals surface area contributed by atoms with Gasteiger partial charge < -0.3 is 9.64 Å². The van der Waals surface area contributed by atoms with E-state index >= 15 is 0 Å². The summed E-state index contributed by atoms with van der Waals surface area (Å²) < 4.78 is 6.44. The summed E-state index contributed by atoms with van der Waals surface area (Å²) in [5.74, 6) is 0.858. The first-order chi connectivity index (χ1) is 11.2. The second kappa shape index (κ2) is 5.52. The molecule has 3 heterocycles. The van der Waals surface area contributed by atoms with Crippen LogP contribution in [-0.4, -0.2) is 24.1 Å². The maximum Gasteiger partial charge on any atom is 0.120 e. The van der Waals surface area contributed by atoms with Crippen LogP contribution in [0.15, 0.2) is 48.9 Å². The molecule has 0 saturated carbocycles. The lowest BCUT2D eigenvalue weighted by atomic mass is 10.00. The number of anilines is 1. The van der Waals surface area contributed by atoms with Crippen molar-refractivity contribution in [3.8, 4) is 5.75 Å². The van der Waals surface area contributed by atoms with Gasteiger partial charge >= 0.3 is 0 Å². The molecular formula is C18H15N3OS. The van der Waals surface area contributed by atoms with Crippen LogP contribution >= 0.6 is 11.3 Å². The minimum Gasteiger partial charge on any atom is -0.497 e. The monoisotopic (exact) mass is 321 g/mol. The lowest BCUT2D eigenvalue weighted by Crippen LogP contribution is -2.13. The van der Waals surface area contributed by atoms with Crippen molar-refractivity contribution in [3.63, 3.8) is 0 Å². The van der Waals surface area contributed by atoms with Gasteiger partial charge in [0.05, 0.1) is 23.0 Å². The number of allylic oxidation sites excluding steroid dienone is 2. The molecule has 0 fully saturated rings. The van der Waals surface area contributed by atoms with Gasteiger partial charge in [-0.3, -0.25) is 4.98 Å². The molecule has 0 atom stereocenters. The zero-order valence-electron chi connectivity index (χ0n) is 12.9. The van der Waals surface area contributed by atoms with E-state index in [-0.39, 0.29) is 0 Å². The Morgan fingerprint density at radius 2 is 2.17 bits per heavy atom. The van der Waals surface area contributed by atoms with Gasteiger partial charge in [-0.2, -0.15) is 0 Å². The van der Waals surface area contributed by atoms with E-state index in [2.05, 4.69) is 45.4 Å². The number of nitrogens with zero attached hydrogens (tertiary/aromatic N) is 3. The molecule has 0 aliphatic carbocycles. The minimum absolute atomic E-state index is 0.858. The highest BCUT2D eigenvalue weighted by Crippen LogP contribution is 2.36. The van der Waals surface area contributed by atoms with Gasteiger partial charge in [0.2, 0.25) is 0 Å². The van der Waals surface area contributed by atoms with Crippen molar-refractivity contribution in [1.82, 2.24) is 9.97 Å². The fourth-order valence-electron chi connectivity index (χ4n) is 2.65. The number of fused-ring (bicyclic) bond motifs is 2. The molecule has 0 spiro atoms. The van der Waals surface area contributed by atoms with Gasteiger partial charge in [-0.25, -0.2) is 4.98 Å². The number of thiazole rings is 1. The van der Waals surface area contributed by atoms with Crippen molar-refractivity contribution < 1.29 is 4.74 Å². The van der Waals surface area contributed by atoms with Crippen molar-refractivity contribution in [2.45, 2.75) is 0 Å². The van der Waals surface area contributed by atoms with Crippen molar-refractivity contribution in [2.75, 3.05) is 19.1 Å². The predicted octanol–water partition coefficient (Wildman–Crippen LogP) is 4.20. The van der Waals surface area contributed by atoms with E-state index < -0.39 is 0 Å². The molecule has 4 nitrogen and oxygen atoms in total. The number of rotatable bonds is 2. The van der Waals surface area contributed by atoms with Crippen LogP contribution in [-0.2, 0) is 0 Å². The molecule has 0 bridgehead atoms. The number of ether oxygens (including phenoxy) is 1. The molecule has 1 aliphatic heterocycles. The molecule has 114 valence electrons. The standard InChI is InChI=1S/C18H15N3OS/c1-21-8-6-12(14-4-3-13(22-2)10-16(14)21)9-18-20-15-5-7-19-11-17(15)23-18/h3-11H,1-2H3/b12-9+. The van der Waals surface area contributed by atoms with Crippen LogP contribution < -0.4 is 9.64 Å². The molecule has 3 aromatic rings. The van der Waals surface area contributed by atoms with Crippen LogP contribution in [0.2, 0.25) is 0 Å². The third kappa shape index (κ3) is 2.49. The lowest BCUT2D eigenvalue weighted by Gasteiger charge is -2.24. The zero-order valence-corrected chi connectivity index (χ0v) is 13.7. The van der Waals surface area contributed by atoms with E-state index in [4.69, 9.17) is 4.74 Å². The summed E-state index contributed by atoms with van der Waals surface area (Å²) >= 11 is 1.65. The van der Waals surface area contributed by atoms with E-state index in [0.29, 0.717) is 0 Å². The first-order valence-electron chi connectivity index (χ1n) is 7.26. The highest BCUT2D eigenvalue weighted by Gasteiger charge is 2.15. The second-order valence-electron chi connectivity index (χ2n) is 5.30. The Morgan fingerprint density at radius 3 is 3.00 bits per heavy atom. The second-order valence-corrected chi connectivity index (χ2v) is 6.37. The summed E-state index contributed by atoms with van der Waals surface area (Å²) in [4.78, 5) is 10.9. The van der Waals surface area contributed by atoms with Crippen LogP contribution in [0.3, 0.4) is 0 Å². The van der Waals surface area contributed by atoms with Gasteiger partial charge in [0.25, 0.3) is 0 Å². The number of hydrogen-bond donors (Lipinski definition) is 0. The average molecular weight is 321 g/mol. The fraction of sp³-hybridized carbons (Fsp3) is 0.111. The largest absolute Gasteiger partial charge is 0.497 e. The first kappa shape index (κ1) is 14.0. The highest BCUT2D eigenvalue weighted by molar-refractivity contribution is 7.19. The van der Waals surface area contributed by atoms with Gasteiger partial charge in [0.1, 0.15) is 10.8 Å². The SMILES string of the molecule is COc1ccc2c(c1)N(C)C=C/C2=C\c1nc2ccncc2s1. The third-order valence-corrected chi connectivity index (χ3v) is 4.81. The molecular weight excluding hydrogens is 306 g/mol. The maximum absolute atomic E-state index is 5.33. The number of hydrogen-bond acceptors (Lipinski definition) is 5. The van der Waals surface area contributed by atoms with Gasteiger partial charge in [-0.1, -0.05) is 0 Å². The van der Waals surface area contributed by atoms with Gasteiger partial charge in [-0.05, 0) is 35.9 Å². The molecule has 1 aromatic carbocycles. The van der Waals surface area contributed by atoms with Crippen molar-refractivity contribution in [2.24, 2.45) is 0 Å². The summed E-state index contributed by atoms with van der Waals surface area (Å²) in [6.07, 6.45) is 9.93. The molecule has 0 unspecified atom stereocenters. The number of aromatic nitrogens is 2. The average Bonchev–Trinajstić information content (AvgIpc) is 2.99. The summed E-state index contributed by atoms with van der Waals surface area (Å²) in [5, 5.41) is 0.985. The normalized spacial score (nSPS) is 15.2. The van der Waals surface area contributed by atoms with Crippen molar-refractivity contribution >= 4 is 38.9 Å². The van der Waals surface area contributed by atoms with E-state index in [1.807, 2.05) is 25.4 Å². The molecule has 0 N–H and O–H groups in total. The Kier molecular flexibility index (Phi) is 3.35. The number of pyridine rings is 1. The Balaban J connectivity index is 1.81. The topological polar surface area (TPSA) is 38.2 Å². The fourth-order valence-corrected chi connectivity index (χ4v) is 3.54. The quantitative estimate of drug-likeness (QED) is 0.709. The van der Waals surface area contributed by atoms with E-state index in [9.17, 15) is 0 Å². The van der Waals surface area contributed by atoms with Gasteiger partial charge in [-0.15, -0.1) is 11.3 Å². The minimum atomic E-state index is 0.858. The summed E-state index contributed by atoms with van der Waals surface area (Å²) in [6.45, 7) is 0. The Labute approximate surface area is 138 Å². The molecule has 0 saturated heterocycles.